The molecule has 0 aromatic rings. The Balaban J connectivity index is 2.30. The van der Waals surface area contributed by atoms with Gasteiger partial charge in [-0.15, -0.1) is 0 Å². The van der Waals surface area contributed by atoms with E-state index in [4.69, 9.17) is 4.74 Å². The van der Waals surface area contributed by atoms with Crippen molar-refractivity contribution in [3.63, 3.8) is 0 Å². The van der Waals surface area contributed by atoms with E-state index >= 15 is 0 Å². The van der Waals surface area contributed by atoms with E-state index in [-0.39, 0.29) is 5.97 Å². The van der Waals surface area contributed by atoms with E-state index in [9.17, 15) is 4.79 Å². The van der Waals surface area contributed by atoms with Crippen molar-refractivity contribution in [1.82, 2.24) is 10.2 Å². The molecule has 0 radical (unpaired) electrons. The summed E-state index contributed by atoms with van der Waals surface area (Å²) in [5.41, 5.74) is -0.544. The van der Waals surface area contributed by atoms with Crippen molar-refractivity contribution < 1.29 is 9.53 Å². The molecular formula is C16H32N2O2. The number of hydrogen-bond donors (Lipinski definition) is 1. The molecule has 1 rings (SSSR count). The Morgan fingerprint density at radius 1 is 1.40 bits per heavy atom. The lowest BCUT2D eigenvalue weighted by Gasteiger charge is -2.29. The Bertz CT molecular complexity index is 290. The van der Waals surface area contributed by atoms with Gasteiger partial charge in [0.1, 0.15) is 5.54 Å². The van der Waals surface area contributed by atoms with Crippen molar-refractivity contribution in [2.45, 2.75) is 57.9 Å². The maximum absolute atomic E-state index is 11.9. The van der Waals surface area contributed by atoms with Crippen LogP contribution < -0.4 is 5.32 Å². The second kappa shape index (κ2) is 8.63. The first-order chi connectivity index (χ1) is 9.51. The van der Waals surface area contributed by atoms with Gasteiger partial charge in [0, 0.05) is 6.54 Å². The summed E-state index contributed by atoms with van der Waals surface area (Å²) in [5, 5.41) is 3.26. The summed E-state index contributed by atoms with van der Waals surface area (Å²) in [6.07, 6.45) is 7.42. The van der Waals surface area contributed by atoms with Crippen molar-refractivity contribution in [3.8, 4) is 0 Å². The average Bonchev–Trinajstić information content (AvgIpc) is 2.90. The van der Waals surface area contributed by atoms with Gasteiger partial charge in [0.2, 0.25) is 0 Å². The van der Waals surface area contributed by atoms with Crippen LogP contribution in [0.3, 0.4) is 0 Å². The fraction of sp³-hybridized carbons (Fsp3) is 0.938. The topological polar surface area (TPSA) is 41.6 Å². The summed E-state index contributed by atoms with van der Waals surface area (Å²) in [6.45, 7) is 7.00. The molecule has 1 aliphatic rings. The third-order valence-corrected chi connectivity index (χ3v) is 4.46. The number of carbonyl (C=O) groups is 1. The van der Waals surface area contributed by atoms with Gasteiger partial charge >= 0.3 is 5.97 Å². The second-order valence-corrected chi connectivity index (χ2v) is 6.37. The predicted octanol–water partition coefficient (Wildman–Crippen LogP) is 2.43. The Labute approximate surface area is 124 Å². The number of esters is 1. The van der Waals surface area contributed by atoms with Crippen LogP contribution in [0, 0.1) is 5.92 Å². The molecule has 1 fully saturated rings. The van der Waals surface area contributed by atoms with Crippen LogP contribution in [0.1, 0.15) is 52.4 Å². The van der Waals surface area contributed by atoms with Gasteiger partial charge in [0.15, 0.2) is 0 Å². The quantitative estimate of drug-likeness (QED) is 0.660. The van der Waals surface area contributed by atoms with E-state index < -0.39 is 5.54 Å². The van der Waals surface area contributed by atoms with Gasteiger partial charge in [-0.05, 0) is 58.7 Å². The van der Waals surface area contributed by atoms with Gasteiger partial charge in [-0.2, -0.15) is 0 Å². The molecule has 1 saturated carbocycles. The first-order valence-electron chi connectivity index (χ1n) is 8.04. The largest absolute Gasteiger partial charge is 0.468 e. The number of nitrogens with one attached hydrogen (secondary N) is 1. The fourth-order valence-electron chi connectivity index (χ4n) is 3.31. The summed E-state index contributed by atoms with van der Waals surface area (Å²) in [4.78, 5) is 14.3. The van der Waals surface area contributed by atoms with Gasteiger partial charge in [-0.3, -0.25) is 4.79 Å². The van der Waals surface area contributed by atoms with Crippen LogP contribution in [-0.4, -0.2) is 50.2 Å². The highest BCUT2D eigenvalue weighted by molar-refractivity contribution is 5.80. The predicted molar refractivity (Wildman–Crippen MR) is 82.8 cm³/mol. The highest BCUT2D eigenvalue weighted by atomic mass is 16.5. The molecule has 1 atom stereocenters. The van der Waals surface area contributed by atoms with Crippen molar-refractivity contribution in [2.24, 2.45) is 5.92 Å². The zero-order chi connectivity index (χ0) is 15.0. The third kappa shape index (κ3) is 5.41. The Morgan fingerprint density at radius 3 is 2.60 bits per heavy atom. The lowest BCUT2D eigenvalue weighted by atomic mass is 9.95. The molecule has 0 aromatic heterocycles. The summed E-state index contributed by atoms with van der Waals surface area (Å²) < 4.78 is 4.92. The molecule has 0 aliphatic heterocycles. The highest BCUT2D eigenvalue weighted by Gasteiger charge is 2.32. The minimum Gasteiger partial charge on any atom is -0.468 e. The van der Waals surface area contributed by atoms with Crippen LogP contribution in [0.25, 0.3) is 0 Å². The van der Waals surface area contributed by atoms with Gasteiger partial charge < -0.3 is 15.0 Å². The minimum absolute atomic E-state index is 0.155. The first-order valence-corrected chi connectivity index (χ1v) is 8.04. The van der Waals surface area contributed by atoms with E-state index in [1.54, 1.807) is 0 Å². The van der Waals surface area contributed by atoms with Crippen LogP contribution in [0.4, 0.5) is 0 Å². The number of rotatable bonds is 9. The molecule has 1 N–H and O–H groups in total. The Morgan fingerprint density at radius 2 is 2.05 bits per heavy atom. The molecule has 20 heavy (non-hydrogen) atoms. The van der Waals surface area contributed by atoms with Gasteiger partial charge in [-0.25, -0.2) is 0 Å². The molecule has 118 valence electrons. The molecular weight excluding hydrogens is 252 g/mol. The monoisotopic (exact) mass is 284 g/mol. The number of hydrogen-bond acceptors (Lipinski definition) is 4. The molecule has 0 saturated heterocycles. The van der Waals surface area contributed by atoms with Crippen molar-refractivity contribution >= 4 is 5.97 Å². The van der Waals surface area contributed by atoms with Crippen molar-refractivity contribution in [2.75, 3.05) is 33.8 Å². The summed E-state index contributed by atoms with van der Waals surface area (Å²) >= 11 is 0. The number of likely N-dealkylation sites (N-methyl/N-ethyl adjacent to an activating group) is 1. The molecule has 1 aliphatic carbocycles. The van der Waals surface area contributed by atoms with E-state index in [2.05, 4.69) is 17.3 Å². The normalized spacial score (nSPS) is 19.2. The molecule has 0 amide bonds. The van der Waals surface area contributed by atoms with Gasteiger partial charge in [-0.1, -0.05) is 19.8 Å². The van der Waals surface area contributed by atoms with E-state index in [1.807, 2.05) is 13.8 Å². The lowest BCUT2D eigenvalue weighted by Crippen LogP contribution is -2.50. The van der Waals surface area contributed by atoms with Crippen LogP contribution >= 0.6 is 0 Å². The third-order valence-electron chi connectivity index (χ3n) is 4.46. The lowest BCUT2D eigenvalue weighted by molar-refractivity contribution is -0.148. The number of ether oxygens (including phenoxy) is 1. The maximum atomic E-state index is 11.9. The number of methoxy groups -OCH3 is 1. The number of nitrogens with zero attached hydrogens (tertiary/aromatic N) is 1. The SMILES string of the molecule is CCNC(C)(CCCN(C)CC1CCCC1)C(=O)OC. The molecule has 1 unspecified atom stereocenters. The van der Waals surface area contributed by atoms with Crippen molar-refractivity contribution in [1.29, 1.82) is 0 Å². The van der Waals surface area contributed by atoms with Gasteiger partial charge in [0.05, 0.1) is 7.11 Å². The van der Waals surface area contributed by atoms with Crippen LogP contribution in [-0.2, 0) is 9.53 Å². The summed E-state index contributed by atoms with van der Waals surface area (Å²) in [7, 11) is 3.66. The van der Waals surface area contributed by atoms with Crippen LogP contribution in [0.15, 0.2) is 0 Å². The van der Waals surface area contributed by atoms with E-state index in [1.165, 1.54) is 39.3 Å². The number of carbonyl (C=O) groups excluding carboxylic acids is 1. The van der Waals surface area contributed by atoms with E-state index in [0.717, 1.165) is 31.8 Å². The van der Waals surface area contributed by atoms with E-state index in [0.29, 0.717) is 0 Å². The fourth-order valence-corrected chi connectivity index (χ4v) is 3.31. The zero-order valence-corrected chi connectivity index (χ0v) is 13.7. The Kier molecular flexibility index (Phi) is 7.52. The molecule has 4 nitrogen and oxygen atoms in total. The van der Waals surface area contributed by atoms with Crippen LogP contribution in [0.5, 0.6) is 0 Å². The van der Waals surface area contributed by atoms with Crippen LogP contribution in [0.2, 0.25) is 0 Å². The standard InChI is InChI=1S/C16H32N2O2/c1-5-17-16(2,15(19)20-4)11-8-12-18(3)13-14-9-6-7-10-14/h14,17H,5-13H2,1-4H3. The average molecular weight is 284 g/mol. The summed E-state index contributed by atoms with van der Waals surface area (Å²) in [6, 6.07) is 0. The van der Waals surface area contributed by atoms with Crippen molar-refractivity contribution in [3.05, 3.63) is 0 Å². The van der Waals surface area contributed by atoms with Gasteiger partial charge in [0.25, 0.3) is 0 Å². The zero-order valence-electron chi connectivity index (χ0n) is 13.7. The first kappa shape index (κ1) is 17.4. The molecule has 0 bridgehead atoms. The Hall–Kier alpha value is -0.610. The molecule has 0 spiro atoms. The molecule has 0 aromatic carbocycles. The highest BCUT2D eigenvalue weighted by Crippen LogP contribution is 2.25. The smallest absolute Gasteiger partial charge is 0.325 e. The molecule has 0 heterocycles. The molecule has 4 heteroatoms. The maximum Gasteiger partial charge on any atom is 0.325 e. The minimum atomic E-state index is -0.544. The second-order valence-electron chi connectivity index (χ2n) is 6.37. The summed E-state index contributed by atoms with van der Waals surface area (Å²) in [5.74, 6) is 0.735.